The molecule has 0 fully saturated rings. The Labute approximate surface area is 77.9 Å². The Kier molecular flexibility index (Phi) is 1.51. The molecule has 12 heavy (non-hydrogen) atoms. The maximum atomic E-state index is 5.75. The van der Waals surface area contributed by atoms with E-state index in [4.69, 9.17) is 11.5 Å². The van der Waals surface area contributed by atoms with Gasteiger partial charge in [-0.3, -0.25) is 0 Å². The first-order valence-electron chi connectivity index (χ1n) is 3.51. The van der Waals surface area contributed by atoms with Crippen LogP contribution in [0.1, 0.15) is 0 Å². The zero-order chi connectivity index (χ0) is 8.72. The molecule has 0 unspecified atom stereocenters. The van der Waals surface area contributed by atoms with Crippen LogP contribution < -0.4 is 11.5 Å². The third-order valence-corrected chi connectivity index (χ3v) is 2.50. The van der Waals surface area contributed by atoms with Gasteiger partial charge in [-0.25, -0.2) is 0 Å². The first-order valence-corrected chi connectivity index (χ1v) is 4.30. The topological polar surface area (TPSA) is 67.8 Å². The van der Waals surface area contributed by atoms with Gasteiger partial charge >= 0.3 is 0 Å². The molecule has 2 aromatic rings. The summed E-state index contributed by atoms with van der Waals surface area (Å²) in [5.41, 5.74) is 12.9. The van der Waals surface area contributed by atoms with Crippen LogP contribution in [-0.2, 0) is 0 Å². The van der Waals surface area contributed by atoms with Crippen LogP contribution in [0.3, 0.4) is 0 Å². The molecule has 4 heteroatoms. The van der Waals surface area contributed by atoms with Crippen molar-refractivity contribution in [1.82, 2.24) is 4.98 Å². The minimum atomic E-state index is 0.525. The molecule has 5 N–H and O–H groups in total. The molecular formula is C8H8BrN3. The van der Waals surface area contributed by atoms with Crippen LogP contribution in [-0.4, -0.2) is 4.98 Å². The second kappa shape index (κ2) is 2.42. The Morgan fingerprint density at radius 2 is 2.00 bits per heavy atom. The van der Waals surface area contributed by atoms with E-state index in [-0.39, 0.29) is 0 Å². The zero-order valence-corrected chi connectivity index (χ0v) is 7.85. The molecule has 1 aromatic heterocycles. The molecule has 0 saturated carbocycles. The second-order valence-corrected chi connectivity index (χ2v) is 3.47. The van der Waals surface area contributed by atoms with Gasteiger partial charge in [0.2, 0.25) is 0 Å². The summed E-state index contributed by atoms with van der Waals surface area (Å²) in [7, 11) is 0. The normalized spacial score (nSPS) is 10.8. The van der Waals surface area contributed by atoms with Crippen molar-refractivity contribution in [2.75, 3.05) is 11.5 Å². The first-order chi connectivity index (χ1) is 5.70. The number of hydrogen-bond acceptors (Lipinski definition) is 2. The number of H-pyrrole nitrogens is 1. The van der Waals surface area contributed by atoms with Gasteiger partial charge in [-0.05, 0) is 12.1 Å². The molecule has 1 aromatic carbocycles. The van der Waals surface area contributed by atoms with E-state index in [9.17, 15) is 0 Å². The molecule has 0 radical (unpaired) electrons. The molecule has 2 rings (SSSR count). The van der Waals surface area contributed by atoms with E-state index in [2.05, 4.69) is 20.9 Å². The molecule has 1 heterocycles. The summed E-state index contributed by atoms with van der Waals surface area (Å²) in [6.45, 7) is 0. The third kappa shape index (κ3) is 0.881. The maximum Gasteiger partial charge on any atom is 0.125 e. The monoisotopic (exact) mass is 225 g/mol. The van der Waals surface area contributed by atoms with Crippen LogP contribution in [0.15, 0.2) is 22.7 Å². The highest BCUT2D eigenvalue weighted by Crippen LogP contribution is 2.32. The molecule has 3 nitrogen and oxygen atoms in total. The molecule has 0 aliphatic heterocycles. The predicted molar refractivity (Wildman–Crippen MR) is 54.8 cm³/mol. The lowest BCUT2D eigenvalue weighted by molar-refractivity contribution is 1.47. The number of anilines is 2. The lowest BCUT2D eigenvalue weighted by atomic mass is 10.2. The summed E-state index contributed by atoms with van der Waals surface area (Å²) in [5, 5.41) is 0.954. The minimum Gasteiger partial charge on any atom is -0.395 e. The Bertz CT molecular complexity index is 433. The highest BCUT2D eigenvalue weighted by atomic mass is 79.9. The number of aromatic nitrogens is 1. The Morgan fingerprint density at radius 1 is 1.25 bits per heavy atom. The van der Waals surface area contributed by atoms with Gasteiger partial charge in [0.25, 0.3) is 0 Å². The van der Waals surface area contributed by atoms with Crippen molar-refractivity contribution in [1.29, 1.82) is 0 Å². The summed E-state index contributed by atoms with van der Waals surface area (Å²) < 4.78 is 0.963. The number of rotatable bonds is 0. The standard InChI is InChI=1S/C8H8BrN3/c9-4-2-1-3-5-6(4)7(10)8(11)12-5/h1-3,12H,10-11H2. The third-order valence-electron chi connectivity index (χ3n) is 1.84. The van der Waals surface area contributed by atoms with Crippen LogP contribution in [0.2, 0.25) is 0 Å². The Morgan fingerprint density at radius 3 is 2.67 bits per heavy atom. The largest absolute Gasteiger partial charge is 0.395 e. The lowest BCUT2D eigenvalue weighted by Gasteiger charge is -1.93. The van der Waals surface area contributed by atoms with Crippen molar-refractivity contribution in [2.45, 2.75) is 0 Å². The fourth-order valence-corrected chi connectivity index (χ4v) is 1.83. The Hall–Kier alpha value is -1.16. The summed E-state index contributed by atoms with van der Waals surface area (Å²) >= 11 is 3.41. The average Bonchev–Trinajstić information content (AvgIpc) is 2.29. The molecule has 0 aliphatic carbocycles. The van der Waals surface area contributed by atoms with Gasteiger partial charge < -0.3 is 16.5 Å². The van der Waals surface area contributed by atoms with Gasteiger partial charge in [-0.15, -0.1) is 0 Å². The van der Waals surface area contributed by atoms with Crippen LogP contribution >= 0.6 is 15.9 Å². The molecule has 0 aliphatic rings. The van der Waals surface area contributed by atoms with E-state index >= 15 is 0 Å². The van der Waals surface area contributed by atoms with Gasteiger partial charge in [-0.2, -0.15) is 0 Å². The minimum absolute atomic E-state index is 0.525. The van der Waals surface area contributed by atoms with E-state index in [0.717, 1.165) is 15.4 Å². The first kappa shape index (κ1) is 7.49. The molecule has 0 amide bonds. The van der Waals surface area contributed by atoms with E-state index in [0.29, 0.717) is 11.5 Å². The molecule has 0 atom stereocenters. The van der Waals surface area contributed by atoms with Crippen molar-refractivity contribution in [3.8, 4) is 0 Å². The van der Waals surface area contributed by atoms with Crippen LogP contribution in [0.5, 0.6) is 0 Å². The molecule has 62 valence electrons. The number of fused-ring (bicyclic) bond motifs is 1. The Balaban J connectivity index is 2.97. The van der Waals surface area contributed by atoms with Gasteiger partial charge in [0.15, 0.2) is 0 Å². The average molecular weight is 226 g/mol. The molecule has 0 spiro atoms. The second-order valence-electron chi connectivity index (χ2n) is 2.61. The zero-order valence-electron chi connectivity index (χ0n) is 6.26. The number of aromatic amines is 1. The van der Waals surface area contributed by atoms with Crippen molar-refractivity contribution in [2.24, 2.45) is 0 Å². The van der Waals surface area contributed by atoms with Crippen LogP contribution in [0, 0.1) is 0 Å². The summed E-state index contributed by atoms with van der Waals surface area (Å²) in [6.07, 6.45) is 0. The SMILES string of the molecule is Nc1[nH]c2cccc(Br)c2c1N. The predicted octanol–water partition coefficient (Wildman–Crippen LogP) is 2.09. The van der Waals surface area contributed by atoms with Crippen LogP contribution in [0.25, 0.3) is 10.9 Å². The maximum absolute atomic E-state index is 5.75. The summed E-state index contributed by atoms with van der Waals surface area (Å²) in [6, 6.07) is 5.81. The number of nitrogen functional groups attached to an aromatic ring is 2. The van der Waals surface area contributed by atoms with E-state index < -0.39 is 0 Å². The van der Waals surface area contributed by atoms with E-state index in [1.165, 1.54) is 0 Å². The number of benzene rings is 1. The smallest absolute Gasteiger partial charge is 0.125 e. The molecule has 0 saturated heterocycles. The highest BCUT2D eigenvalue weighted by Gasteiger charge is 2.07. The number of hydrogen-bond donors (Lipinski definition) is 3. The lowest BCUT2D eigenvalue weighted by Crippen LogP contribution is -1.90. The number of halogens is 1. The van der Waals surface area contributed by atoms with Gasteiger partial charge in [-0.1, -0.05) is 22.0 Å². The summed E-state index contributed by atoms with van der Waals surface area (Å²) in [5.74, 6) is 0.525. The van der Waals surface area contributed by atoms with Gasteiger partial charge in [0.1, 0.15) is 5.82 Å². The van der Waals surface area contributed by atoms with Gasteiger partial charge in [0.05, 0.1) is 11.2 Å². The van der Waals surface area contributed by atoms with Gasteiger partial charge in [0, 0.05) is 9.86 Å². The summed E-state index contributed by atoms with van der Waals surface area (Å²) in [4.78, 5) is 2.99. The fourth-order valence-electron chi connectivity index (χ4n) is 1.25. The van der Waals surface area contributed by atoms with Crippen LogP contribution in [0.4, 0.5) is 11.5 Å². The quantitative estimate of drug-likeness (QED) is 0.643. The van der Waals surface area contributed by atoms with E-state index in [1.807, 2.05) is 18.2 Å². The fraction of sp³-hybridized carbons (Fsp3) is 0. The molecular weight excluding hydrogens is 218 g/mol. The van der Waals surface area contributed by atoms with Crippen molar-refractivity contribution in [3.05, 3.63) is 22.7 Å². The van der Waals surface area contributed by atoms with Crippen molar-refractivity contribution in [3.63, 3.8) is 0 Å². The van der Waals surface area contributed by atoms with Crippen molar-refractivity contribution < 1.29 is 0 Å². The number of nitrogens with one attached hydrogen (secondary N) is 1. The molecule has 0 bridgehead atoms. The van der Waals surface area contributed by atoms with Crippen molar-refractivity contribution >= 4 is 38.3 Å². The highest BCUT2D eigenvalue weighted by molar-refractivity contribution is 9.10. The van der Waals surface area contributed by atoms with E-state index in [1.54, 1.807) is 0 Å². The number of nitrogens with two attached hydrogens (primary N) is 2.